The zero-order chi connectivity index (χ0) is 18.5. The van der Waals surface area contributed by atoms with Crippen LogP contribution in [0.5, 0.6) is 5.75 Å². The van der Waals surface area contributed by atoms with Crippen LogP contribution < -0.4 is 15.0 Å². The van der Waals surface area contributed by atoms with E-state index in [0.29, 0.717) is 19.4 Å². The van der Waals surface area contributed by atoms with Gasteiger partial charge in [0, 0.05) is 18.7 Å². The molecule has 1 atom stereocenters. The molecule has 0 spiro atoms. The molecule has 26 heavy (non-hydrogen) atoms. The molecule has 1 aliphatic rings. The van der Waals surface area contributed by atoms with Gasteiger partial charge in [-0.3, -0.25) is 14.5 Å². The fraction of sp³-hybridized carbons (Fsp3) is 0.333. The monoisotopic (exact) mass is 352 g/mol. The van der Waals surface area contributed by atoms with Gasteiger partial charge in [0.15, 0.2) is 0 Å². The molecule has 1 fully saturated rings. The number of carbonyl (C=O) groups is 2. The van der Waals surface area contributed by atoms with Gasteiger partial charge in [0.2, 0.25) is 11.8 Å². The SMILES string of the molecule is COc1ccc(CCNC(=O)C2CCC(=O)N2c2ccc(C)cc2)cc1. The second-order valence-electron chi connectivity index (χ2n) is 6.54. The number of nitrogens with one attached hydrogen (secondary N) is 1. The highest BCUT2D eigenvalue weighted by Gasteiger charge is 2.36. The molecule has 1 saturated heterocycles. The molecule has 1 N–H and O–H groups in total. The molecule has 2 aromatic rings. The Balaban J connectivity index is 1.59. The van der Waals surface area contributed by atoms with Crippen molar-refractivity contribution < 1.29 is 14.3 Å². The van der Waals surface area contributed by atoms with E-state index in [-0.39, 0.29) is 11.8 Å². The summed E-state index contributed by atoms with van der Waals surface area (Å²) < 4.78 is 5.14. The zero-order valence-corrected chi connectivity index (χ0v) is 15.2. The van der Waals surface area contributed by atoms with Crippen LogP contribution in [0.25, 0.3) is 0 Å². The molecular formula is C21H24N2O3. The summed E-state index contributed by atoms with van der Waals surface area (Å²) in [4.78, 5) is 26.5. The first-order valence-corrected chi connectivity index (χ1v) is 8.88. The van der Waals surface area contributed by atoms with E-state index >= 15 is 0 Å². The number of hydrogen-bond donors (Lipinski definition) is 1. The quantitative estimate of drug-likeness (QED) is 0.870. The summed E-state index contributed by atoms with van der Waals surface area (Å²) in [6.07, 6.45) is 1.70. The maximum Gasteiger partial charge on any atom is 0.243 e. The standard InChI is InChI=1S/C21H24N2O3/c1-15-3-7-17(8-4-15)23-19(11-12-20(23)24)21(25)22-14-13-16-5-9-18(26-2)10-6-16/h3-10,19H,11-14H2,1-2H3,(H,22,25). The molecule has 1 unspecified atom stereocenters. The second-order valence-corrected chi connectivity index (χ2v) is 6.54. The first kappa shape index (κ1) is 18.0. The van der Waals surface area contributed by atoms with Crippen LogP contribution in [0.2, 0.25) is 0 Å². The fourth-order valence-corrected chi connectivity index (χ4v) is 3.20. The molecule has 2 aromatic carbocycles. The maximum absolute atomic E-state index is 12.6. The van der Waals surface area contributed by atoms with E-state index in [0.717, 1.165) is 29.0 Å². The summed E-state index contributed by atoms with van der Waals surface area (Å²) in [5.41, 5.74) is 3.04. The van der Waals surface area contributed by atoms with Gasteiger partial charge in [-0.25, -0.2) is 0 Å². The van der Waals surface area contributed by atoms with Gasteiger partial charge in [-0.1, -0.05) is 29.8 Å². The Morgan fingerprint density at radius 3 is 2.50 bits per heavy atom. The normalized spacial score (nSPS) is 16.6. The Bertz CT molecular complexity index is 769. The molecule has 0 saturated carbocycles. The number of nitrogens with zero attached hydrogens (tertiary/aromatic N) is 1. The van der Waals surface area contributed by atoms with Gasteiger partial charge in [0.05, 0.1) is 7.11 Å². The molecule has 2 amide bonds. The zero-order valence-electron chi connectivity index (χ0n) is 15.2. The molecule has 3 rings (SSSR count). The van der Waals surface area contributed by atoms with Crippen LogP contribution in [0, 0.1) is 6.92 Å². The van der Waals surface area contributed by atoms with E-state index in [1.165, 1.54) is 0 Å². The first-order chi connectivity index (χ1) is 12.6. The van der Waals surface area contributed by atoms with Crippen LogP contribution >= 0.6 is 0 Å². The van der Waals surface area contributed by atoms with Crippen LogP contribution in [0.1, 0.15) is 24.0 Å². The molecular weight excluding hydrogens is 328 g/mol. The highest BCUT2D eigenvalue weighted by molar-refractivity contribution is 6.03. The van der Waals surface area contributed by atoms with Gasteiger partial charge in [-0.05, 0) is 49.6 Å². The van der Waals surface area contributed by atoms with Crippen molar-refractivity contribution in [2.24, 2.45) is 0 Å². The van der Waals surface area contributed by atoms with Gasteiger partial charge in [0.25, 0.3) is 0 Å². The molecule has 1 aliphatic heterocycles. The van der Waals surface area contributed by atoms with Crippen LogP contribution in [0.15, 0.2) is 48.5 Å². The number of amides is 2. The number of methoxy groups -OCH3 is 1. The van der Waals surface area contributed by atoms with Gasteiger partial charge >= 0.3 is 0 Å². The van der Waals surface area contributed by atoms with E-state index in [2.05, 4.69) is 5.32 Å². The minimum atomic E-state index is -0.430. The van der Waals surface area contributed by atoms with Crippen molar-refractivity contribution in [2.45, 2.75) is 32.2 Å². The lowest BCUT2D eigenvalue weighted by Crippen LogP contribution is -2.45. The van der Waals surface area contributed by atoms with Crippen molar-refractivity contribution in [3.63, 3.8) is 0 Å². The van der Waals surface area contributed by atoms with Crippen molar-refractivity contribution in [1.82, 2.24) is 5.32 Å². The van der Waals surface area contributed by atoms with Gasteiger partial charge in [-0.2, -0.15) is 0 Å². The number of anilines is 1. The van der Waals surface area contributed by atoms with Crippen molar-refractivity contribution in [2.75, 3.05) is 18.6 Å². The van der Waals surface area contributed by atoms with E-state index < -0.39 is 6.04 Å². The number of carbonyl (C=O) groups excluding carboxylic acids is 2. The lowest BCUT2D eigenvalue weighted by molar-refractivity contribution is -0.123. The van der Waals surface area contributed by atoms with Crippen LogP contribution in [0.4, 0.5) is 5.69 Å². The number of aryl methyl sites for hydroxylation is 1. The third-order valence-corrected chi connectivity index (χ3v) is 4.70. The summed E-state index contributed by atoms with van der Waals surface area (Å²) in [7, 11) is 1.64. The highest BCUT2D eigenvalue weighted by Crippen LogP contribution is 2.27. The molecule has 136 valence electrons. The fourth-order valence-electron chi connectivity index (χ4n) is 3.20. The Morgan fingerprint density at radius 2 is 1.85 bits per heavy atom. The summed E-state index contributed by atoms with van der Waals surface area (Å²) in [5.74, 6) is 0.727. The van der Waals surface area contributed by atoms with Crippen molar-refractivity contribution in [3.05, 3.63) is 59.7 Å². The second kappa shape index (κ2) is 8.04. The number of rotatable bonds is 6. The lowest BCUT2D eigenvalue weighted by atomic mass is 10.1. The van der Waals surface area contributed by atoms with E-state index in [4.69, 9.17) is 4.74 Å². The summed E-state index contributed by atoms with van der Waals surface area (Å²) >= 11 is 0. The van der Waals surface area contributed by atoms with Crippen LogP contribution in [0.3, 0.4) is 0 Å². The van der Waals surface area contributed by atoms with Crippen molar-refractivity contribution in [3.8, 4) is 5.75 Å². The molecule has 0 aliphatic carbocycles. The van der Waals surface area contributed by atoms with Gasteiger partial charge in [-0.15, -0.1) is 0 Å². The molecule has 5 heteroatoms. The largest absolute Gasteiger partial charge is 0.497 e. The minimum Gasteiger partial charge on any atom is -0.497 e. The average Bonchev–Trinajstić information content (AvgIpc) is 3.04. The minimum absolute atomic E-state index is 0.00385. The number of hydrogen-bond acceptors (Lipinski definition) is 3. The highest BCUT2D eigenvalue weighted by atomic mass is 16.5. The third kappa shape index (κ3) is 4.04. The Labute approximate surface area is 154 Å². The van der Waals surface area contributed by atoms with Crippen molar-refractivity contribution in [1.29, 1.82) is 0 Å². The predicted octanol–water partition coefficient (Wildman–Crippen LogP) is 2.86. The third-order valence-electron chi connectivity index (χ3n) is 4.70. The number of ether oxygens (including phenoxy) is 1. The molecule has 0 radical (unpaired) electrons. The average molecular weight is 352 g/mol. The molecule has 0 bridgehead atoms. The van der Waals surface area contributed by atoms with Crippen molar-refractivity contribution >= 4 is 17.5 Å². The molecule has 1 heterocycles. The maximum atomic E-state index is 12.6. The van der Waals surface area contributed by atoms with E-state index in [1.807, 2.05) is 55.5 Å². The predicted molar refractivity (Wildman–Crippen MR) is 101 cm³/mol. The van der Waals surface area contributed by atoms with E-state index in [9.17, 15) is 9.59 Å². The lowest BCUT2D eigenvalue weighted by Gasteiger charge is -2.24. The topological polar surface area (TPSA) is 58.6 Å². The molecule has 5 nitrogen and oxygen atoms in total. The first-order valence-electron chi connectivity index (χ1n) is 8.88. The smallest absolute Gasteiger partial charge is 0.243 e. The summed E-state index contributed by atoms with van der Waals surface area (Å²) in [6, 6.07) is 15.1. The summed E-state index contributed by atoms with van der Waals surface area (Å²) in [6.45, 7) is 2.54. The Hall–Kier alpha value is -2.82. The van der Waals surface area contributed by atoms with Gasteiger partial charge in [0.1, 0.15) is 11.8 Å². The number of benzene rings is 2. The van der Waals surface area contributed by atoms with Crippen LogP contribution in [-0.4, -0.2) is 31.5 Å². The molecule has 0 aromatic heterocycles. The van der Waals surface area contributed by atoms with Gasteiger partial charge < -0.3 is 10.1 Å². The summed E-state index contributed by atoms with van der Waals surface area (Å²) in [5, 5.41) is 2.97. The van der Waals surface area contributed by atoms with Crippen LogP contribution in [-0.2, 0) is 16.0 Å². The Kier molecular flexibility index (Phi) is 5.56. The van der Waals surface area contributed by atoms with E-state index in [1.54, 1.807) is 12.0 Å². The Morgan fingerprint density at radius 1 is 1.15 bits per heavy atom.